The third-order valence-electron chi connectivity index (χ3n) is 5.59. The lowest BCUT2D eigenvalue weighted by molar-refractivity contribution is -0.00000837. The summed E-state index contributed by atoms with van der Waals surface area (Å²) in [6.07, 6.45) is 7.00. The molecule has 0 bridgehead atoms. The zero-order chi connectivity index (χ0) is 22.9. The van der Waals surface area contributed by atoms with Crippen molar-refractivity contribution in [3.8, 4) is 17.0 Å². The second kappa shape index (κ2) is 10.4. The van der Waals surface area contributed by atoms with Gasteiger partial charge < -0.3 is 36.9 Å². The summed E-state index contributed by atoms with van der Waals surface area (Å²) in [5.41, 5.74) is 2.46. The number of piperidine rings is 1. The summed E-state index contributed by atoms with van der Waals surface area (Å²) in [6, 6.07) is 6.86. The van der Waals surface area contributed by atoms with Crippen LogP contribution in [0.3, 0.4) is 0 Å². The zero-order valence-electron chi connectivity index (χ0n) is 19.2. The van der Waals surface area contributed by atoms with Crippen LogP contribution in [0.15, 0.2) is 43.1 Å². The molecule has 3 heterocycles. The number of imidazole rings is 1. The highest BCUT2D eigenvalue weighted by Gasteiger charge is 2.20. The molecule has 0 aliphatic carbocycles. The second-order valence-corrected chi connectivity index (χ2v) is 8.71. The van der Waals surface area contributed by atoms with Crippen LogP contribution in [0.25, 0.3) is 22.2 Å². The predicted octanol–water partition coefficient (Wildman–Crippen LogP) is 2.47. The average Bonchev–Trinajstić information content (AvgIpc) is 3.26. The quantitative estimate of drug-likeness (QED) is 0.361. The van der Waals surface area contributed by atoms with E-state index in [1.807, 2.05) is 29.9 Å². The van der Waals surface area contributed by atoms with Crippen LogP contribution in [0.1, 0.15) is 14.3 Å². The number of hydrogen-bond acceptors (Lipinski definition) is 6. The fourth-order valence-corrected chi connectivity index (χ4v) is 4.19. The van der Waals surface area contributed by atoms with Crippen LogP contribution in [-0.2, 0) is 7.05 Å². The number of halogens is 4. The highest BCUT2D eigenvalue weighted by atomic mass is 79.9. The minimum absolute atomic E-state index is 0. The molecule has 0 amide bonds. The highest BCUT2D eigenvalue weighted by Crippen LogP contribution is 2.38. The molecule has 1 saturated heterocycles. The van der Waals surface area contributed by atoms with Crippen LogP contribution < -0.4 is 32.4 Å². The Morgan fingerprint density at radius 2 is 1.97 bits per heavy atom. The first-order valence-corrected chi connectivity index (χ1v) is 11.3. The Morgan fingerprint density at radius 3 is 2.71 bits per heavy atom. The van der Waals surface area contributed by atoms with Gasteiger partial charge in [0, 0.05) is 24.2 Å². The van der Waals surface area contributed by atoms with Gasteiger partial charge in [0.05, 0.1) is 33.3 Å². The summed E-state index contributed by atoms with van der Waals surface area (Å²) < 4.78 is 23.0. The average molecular weight is 568 g/mol. The van der Waals surface area contributed by atoms with E-state index in [1.54, 1.807) is 6.33 Å². The van der Waals surface area contributed by atoms with Gasteiger partial charge in [-0.05, 0) is 50.2 Å². The molecule has 0 unspecified atom stereocenters. The maximum atomic E-state index is 14.7. The first-order valence-electron chi connectivity index (χ1n) is 10.5. The Balaban J connectivity index is 0.00000171. The maximum Gasteiger partial charge on any atom is 1.00 e. The van der Waals surface area contributed by atoms with Crippen molar-refractivity contribution in [1.29, 1.82) is 0 Å². The van der Waals surface area contributed by atoms with E-state index in [0.29, 0.717) is 22.5 Å². The van der Waals surface area contributed by atoms with Crippen molar-refractivity contribution in [1.82, 2.24) is 24.8 Å². The van der Waals surface area contributed by atoms with Crippen LogP contribution >= 0.6 is 23.2 Å². The third-order valence-corrected chi connectivity index (χ3v) is 6.37. The van der Waals surface area contributed by atoms with Gasteiger partial charge in [0.1, 0.15) is 24.0 Å². The highest BCUT2D eigenvalue weighted by molar-refractivity contribution is 6.42. The molecule has 34 heavy (non-hydrogen) atoms. The Bertz CT molecular complexity index is 1340. The number of benzene rings is 2. The maximum absolute atomic E-state index is 14.7. The van der Waals surface area contributed by atoms with Crippen molar-refractivity contribution in [2.45, 2.75) is 18.9 Å². The van der Waals surface area contributed by atoms with E-state index in [0.717, 1.165) is 37.2 Å². The van der Waals surface area contributed by atoms with Crippen molar-refractivity contribution in [2.75, 3.05) is 18.4 Å². The van der Waals surface area contributed by atoms with E-state index in [9.17, 15) is 4.39 Å². The van der Waals surface area contributed by atoms with E-state index in [1.165, 1.54) is 18.5 Å². The summed E-state index contributed by atoms with van der Waals surface area (Å²) >= 11 is 11.9. The van der Waals surface area contributed by atoms with Crippen molar-refractivity contribution < 1.29 is 27.5 Å². The fourth-order valence-electron chi connectivity index (χ4n) is 3.88. The summed E-state index contributed by atoms with van der Waals surface area (Å²) in [7, 11) is 1.92. The molecular weight excluding hydrogens is 546 g/mol. The number of aromatic nitrogens is 4. The van der Waals surface area contributed by atoms with Gasteiger partial charge in [0.15, 0.2) is 5.82 Å². The van der Waals surface area contributed by atoms with E-state index in [4.69, 9.17) is 27.9 Å². The van der Waals surface area contributed by atoms with E-state index >= 15 is 0 Å². The van der Waals surface area contributed by atoms with Crippen LogP contribution in [0.5, 0.6) is 5.75 Å². The number of nitrogens with zero attached hydrogens (tertiary/aromatic N) is 4. The number of nitrogens with one attached hydrogen (secondary N) is 2. The summed E-state index contributed by atoms with van der Waals surface area (Å²) in [4.78, 5) is 13.3. The van der Waals surface area contributed by atoms with Gasteiger partial charge in [-0.15, -0.1) is 0 Å². The summed E-state index contributed by atoms with van der Waals surface area (Å²) in [5, 5.41) is 7.06. The van der Waals surface area contributed by atoms with Gasteiger partial charge in [-0.3, -0.25) is 0 Å². The number of rotatable bonds is 5. The Kier molecular flexibility index (Phi) is 7.57. The van der Waals surface area contributed by atoms with Crippen LogP contribution in [-0.4, -0.2) is 38.7 Å². The monoisotopic (exact) mass is 566 g/mol. The fraction of sp³-hybridized carbons (Fsp3) is 0.261. The van der Waals surface area contributed by atoms with Gasteiger partial charge in [0.25, 0.3) is 0 Å². The van der Waals surface area contributed by atoms with Crippen molar-refractivity contribution in [3.63, 3.8) is 0 Å². The number of aryl methyl sites for hydroxylation is 1. The topological polar surface area (TPSA) is 76.9 Å². The summed E-state index contributed by atoms with van der Waals surface area (Å²) in [5.74, 6) is 0.466. The van der Waals surface area contributed by atoms with Gasteiger partial charge in [-0.2, -0.15) is 0 Å². The van der Waals surface area contributed by atoms with Gasteiger partial charge >= 0.3 is 1.43 Å². The van der Waals surface area contributed by atoms with Crippen molar-refractivity contribution in [3.05, 3.63) is 59.0 Å². The van der Waals surface area contributed by atoms with Crippen molar-refractivity contribution in [2.24, 2.45) is 7.05 Å². The summed E-state index contributed by atoms with van der Waals surface area (Å²) in [6.45, 7) is 1.81. The molecule has 2 N–H and O–H groups in total. The molecule has 11 heteroatoms. The number of fused-ring (bicyclic) bond motifs is 1. The van der Waals surface area contributed by atoms with E-state index < -0.39 is 5.82 Å². The minimum Gasteiger partial charge on any atom is -1.00 e. The van der Waals surface area contributed by atoms with Gasteiger partial charge in [0.2, 0.25) is 0 Å². The molecule has 178 valence electrons. The van der Waals surface area contributed by atoms with Crippen LogP contribution in [0.2, 0.25) is 10.0 Å². The lowest BCUT2D eigenvalue weighted by atomic mass is 10.1. The zero-order valence-corrected chi connectivity index (χ0v) is 21.3. The SMILES string of the molecule is Cn1cnc(-c2cc3ncnc(Nc4ccc(Cl)c(Cl)c4F)c3cc2OC2CCNCC2)c1.[Br-].[H+]. The molecule has 1 fully saturated rings. The molecule has 1 aliphatic rings. The molecule has 1 aliphatic heterocycles. The lowest BCUT2D eigenvalue weighted by Crippen LogP contribution is -3.00. The second-order valence-electron chi connectivity index (χ2n) is 7.93. The van der Waals surface area contributed by atoms with E-state index in [2.05, 4.69) is 25.6 Å². The molecule has 2 aromatic heterocycles. The first-order chi connectivity index (χ1) is 16.0. The standard InChI is InChI=1S/C23H21Cl2FN6O.BrH/c1-32-10-19(30-12-32)14-8-18-15(9-20(14)33-13-4-6-27-7-5-13)23(29-11-28-18)31-17-3-2-16(24)21(25)22(17)26;/h2-3,8-13,27H,4-7H2,1H3,(H,28,29,31);1H. The van der Waals surface area contributed by atoms with Gasteiger partial charge in [-0.1, -0.05) is 23.2 Å². The largest absolute Gasteiger partial charge is 1.00 e. The Labute approximate surface area is 217 Å². The third kappa shape index (κ3) is 4.98. The molecule has 7 nitrogen and oxygen atoms in total. The molecular formula is C23H22BrCl2FN6O. The molecule has 4 aromatic rings. The number of ether oxygens (including phenoxy) is 1. The number of anilines is 2. The first kappa shape index (κ1) is 24.7. The molecule has 0 saturated carbocycles. The van der Waals surface area contributed by atoms with Crippen LogP contribution in [0, 0.1) is 5.82 Å². The predicted molar refractivity (Wildman–Crippen MR) is 129 cm³/mol. The molecule has 0 radical (unpaired) electrons. The molecule has 0 atom stereocenters. The molecule has 0 spiro atoms. The number of hydrogen-bond donors (Lipinski definition) is 2. The smallest absolute Gasteiger partial charge is 1.00 e. The lowest BCUT2D eigenvalue weighted by Gasteiger charge is -2.25. The van der Waals surface area contributed by atoms with Gasteiger partial charge in [-0.25, -0.2) is 19.3 Å². The molecule has 2 aromatic carbocycles. The molecule has 5 rings (SSSR count). The Hall–Kier alpha value is -2.46. The van der Waals surface area contributed by atoms with E-state index in [-0.39, 0.29) is 40.2 Å². The Morgan fingerprint density at radius 1 is 1.18 bits per heavy atom. The van der Waals surface area contributed by atoms with Crippen LogP contribution in [0.4, 0.5) is 15.9 Å². The normalized spacial score (nSPS) is 14.1. The minimum atomic E-state index is -0.646. The van der Waals surface area contributed by atoms with Crippen molar-refractivity contribution >= 4 is 45.6 Å².